The molecule has 1 heterocycles. The van der Waals surface area contributed by atoms with Crippen LogP contribution in [0.1, 0.15) is 48.6 Å². The molecule has 3 nitrogen and oxygen atoms in total. The van der Waals surface area contributed by atoms with Crippen LogP contribution in [0, 0.1) is 13.8 Å². The molecule has 106 valence electrons. The lowest BCUT2D eigenvalue weighted by Gasteiger charge is -2.24. The van der Waals surface area contributed by atoms with Gasteiger partial charge in [0, 0.05) is 17.5 Å². The van der Waals surface area contributed by atoms with Gasteiger partial charge in [-0.05, 0) is 44.7 Å². The van der Waals surface area contributed by atoms with E-state index in [9.17, 15) is 0 Å². The summed E-state index contributed by atoms with van der Waals surface area (Å²) in [4.78, 5) is 8.13. The van der Waals surface area contributed by atoms with Gasteiger partial charge in [-0.3, -0.25) is 0 Å². The number of aromatic nitrogens is 2. The maximum Gasteiger partial charge on any atom is 0.109 e. The quantitative estimate of drug-likeness (QED) is 0.873. The molecule has 1 aromatic heterocycles. The number of aromatic amines is 1. The highest BCUT2D eigenvalue weighted by Gasteiger charge is 2.23. The molecule has 0 saturated heterocycles. The number of nitrogens with one attached hydrogen (secondary N) is 1. The zero-order chi connectivity index (χ0) is 14.1. The Hall–Kier alpha value is -1.61. The summed E-state index contributed by atoms with van der Waals surface area (Å²) in [7, 11) is 0. The van der Waals surface area contributed by atoms with Gasteiger partial charge in [0.15, 0.2) is 0 Å². The Morgan fingerprint density at radius 1 is 1.25 bits per heavy atom. The van der Waals surface area contributed by atoms with Gasteiger partial charge < -0.3 is 10.7 Å². The van der Waals surface area contributed by atoms with E-state index in [-0.39, 0.29) is 0 Å². The summed E-state index contributed by atoms with van der Waals surface area (Å²) in [6.07, 6.45) is 6.59. The number of hydrogen-bond donors (Lipinski definition) is 2. The van der Waals surface area contributed by atoms with E-state index < -0.39 is 0 Å². The highest BCUT2D eigenvalue weighted by molar-refractivity contribution is 5.63. The van der Waals surface area contributed by atoms with Crippen LogP contribution in [0.2, 0.25) is 0 Å². The van der Waals surface area contributed by atoms with E-state index in [0.717, 1.165) is 24.4 Å². The van der Waals surface area contributed by atoms with Gasteiger partial charge in [0.1, 0.15) is 5.82 Å². The number of rotatable bonds is 2. The molecule has 1 aromatic carbocycles. The van der Waals surface area contributed by atoms with Crippen LogP contribution >= 0.6 is 0 Å². The van der Waals surface area contributed by atoms with E-state index in [1.807, 2.05) is 6.20 Å². The minimum absolute atomic E-state index is 0.336. The second kappa shape index (κ2) is 5.41. The third-order valence-corrected chi connectivity index (χ3v) is 4.38. The smallest absolute Gasteiger partial charge is 0.109 e. The van der Waals surface area contributed by atoms with Crippen molar-refractivity contribution < 1.29 is 0 Å². The van der Waals surface area contributed by atoms with Crippen molar-refractivity contribution in [2.24, 2.45) is 5.73 Å². The molecule has 3 N–H and O–H groups in total. The lowest BCUT2D eigenvalue weighted by molar-refractivity contribution is 0.383. The second-order valence-electron chi connectivity index (χ2n) is 6.12. The Labute approximate surface area is 120 Å². The molecule has 20 heavy (non-hydrogen) atoms. The lowest BCUT2D eigenvalue weighted by Crippen LogP contribution is -2.27. The number of H-pyrrole nitrogens is 1. The fourth-order valence-corrected chi connectivity index (χ4v) is 3.18. The average molecular weight is 269 g/mol. The average Bonchev–Trinajstić information content (AvgIpc) is 2.91. The van der Waals surface area contributed by atoms with Crippen molar-refractivity contribution in [3.05, 3.63) is 41.3 Å². The SMILES string of the molecule is Cc1ccc(C)c(-c2cnc(C3CCCC(N)C3)[nH]2)c1. The maximum atomic E-state index is 6.08. The third-order valence-electron chi connectivity index (χ3n) is 4.38. The molecule has 2 aromatic rings. The molecule has 2 unspecified atom stereocenters. The number of nitrogens with two attached hydrogens (primary N) is 1. The van der Waals surface area contributed by atoms with Gasteiger partial charge in [0.2, 0.25) is 0 Å². The highest BCUT2D eigenvalue weighted by atomic mass is 14.9. The van der Waals surface area contributed by atoms with Crippen molar-refractivity contribution in [2.75, 3.05) is 0 Å². The van der Waals surface area contributed by atoms with Gasteiger partial charge in [0.25, 0.3) is 0 Å². The molecular formula is C17H23N3. The van der Waals surface area contributed by atoms with Crippen molar-refractivity contribution in [1.82, 2.24) is 9.97 Å². The van der Waals surface area contributed by atoms with Crippen molar-refractivity contribution >= 4 is 0 Å². The first-order chi connectivity index (χ1) is 9.63. The fourth-order valence-electron chi connectivity index (χ4n) is 3.18. The first kappa shape index (κ1) is 13.4. The molecule has 0 bridgehead atoms. The molecule has 1 fully saturated rings. The summed E-state index contributed by atoms with van der Waals surface area (Å²) in [5.74, 6) is 1.61. The monoisotopic (exact) mass is 269 g/mol. The van der Waals surface area contributed by atoms with Crippen molar-refractivity contribution in [2.45, 2.75) is 51.5 Å². The predicted molar refractivity (Wildman–Crippen MR) is 82.7 cm³/mol. The van der Waals surface area contributed by atoms with Crippen LogP contribution in [0.15, 0.2) is 24.4 Å². The van der Waals surface area contributed by atoms with E-state index in [2.05, 4.69) is 42.0 Å². The Morgan fingerprint density at radius 2 is 2.10 bits per heavy atom. The topological polar surface area (TPSA) is 54.7 Å². The van der Waals surface area contributed by atoms with Crippen LogP contribution < -0.4 is 5.73 Å². The molecular weight excluding hydrogens is 246 g/mol. The van der Waals surface area contributed by atoms with Crippen LogP contribution in [-0.4, -0.2) is 16.0 Å². The molecule has 0 aliphatic heterocycles. The molecule has 3 rings (SSSR count). The zero-order valence-electron chi connectivity index (χ0n) is 12.3. The van der Waals surface area contributed by atoms with E-state index in [1.165, 1.54) is 29.5 Å². The number of benzene rings is 1. The fraction of sp³-hybridized carbons (Fsp3) is 0.471. The molecule has 0 radical (unpaired) electrons. The van der Waals surface area contributed by atoms with Crippen LogP contribution in [0.4, 0.5) is 0 Å². The van der Waals surface area contributed by atoms with Crippen molar-refractivity contribution in [3.8, 4) is 11.3 Å². The van der Waals surface area contributed by atoms with Gasteiger partial charge in [-0.25, -0.2) is 4.98 Å². The van der Waals surface area contributed by atoms with Crippen molar-refractivity contribution in [3.63, 3.8) is 0 Å². The summed E-state index contributed by atoms with van der Waals surface area (Å²) in [5, 5.41) is 0. The normalized spacial score (nSPS) is 22.9. The molecule has 1 aliphatic rings. The number of nitrogens with zero attached hydrogens (tertiary/aromatic N) is 1. The Morgan fingerprint density at radius 3 is 2.90 bits per heavy atom. The van der Waals surface area contributed by atoms with Crippen molar-refractivity contribution in [1.29, 1.82) is 0 Å². The lowest BCUT2D eigenvalue weighted by atomic mass is 9.86. The Bertz CT molecular complexity index is 600. The molecule has 3 heteroatoms. The van der Waals surface area contributed by atoms with E-state index >= 15 is 0 Å². The maximum absolute atomic E-state index is 6.08. The minimum Gasteiger partial charge on any atom is -0.342 e. The number of imidazole rings is 1. The van der Waals surface area contributed by atoms with Crippen LogP contribution in [0.25, 0.3) is 11.3 Å². The first-order valence-corrected chi connectivity index (χ1v) is 7.51. The summed E-state index contributed by atoms with van der Waals surface area (Å²) in [6, 6.07) is 6.88. The van der Waals surface area contributed by atoms with E-state index in [4.69, 9.17) is 5.73 Å². The van der Waals surface area contributed by atoms with Crippen LogP contribution in [0.5, 0.6) is 0 Å². The second-order valence-corrected chi connectivity index (χ2v) is 6.12. The van der Waals surface area contributed by atoms with E-state index in [0.29, 0.717) is 12.0 Å². The molecule has 2 atom stereocenters. The first-order valence-electron chi connectivity index (χ1n) is 7.51. The van der Waals surface area contributed by atoms with Crippen LogP contribution in [-0.2, 0) is 0 Å². The van der Waals surface area contributed by atoms with E-state index in [1.54, 1.807) is 0 Å². The summed E-state index contributed by atoms with van der Waals surface area (Å²) in [5.41, 5.74) is 11.0. The Kier molecular flexibility index (Phi) is 3.62. The predicted octanol–water partition coefficient (Wildman–Crippen LogP) is 3.68. The largest absolute Gasteiger partial charge is 0.342 e. The third kappa shape index (κ3) is 2.63. The number of aryl methyl sites for hydroxylation is 2. The van der Waals surface area contributed by atoms with Crippen LogP contribution in [0.3, 0.4) is 0 Å². The van der Waals surface area contributed by atoms with Gasteiger partial charge in [-0.2, -0.15) is 0 Å². The summed E-state index contributed by atoms with van der Waals surface area (Å²) < 4.78 is 0. The summed E-state index contributed by atoms with van der Waals surface area (Å²) in [6.45, 7) is 4.27. The minimum atomic E-state index is 0.336. The Balaban J connectivity index is 1.88. The molecule has 0 amide bonds. The zero-order valence-corrected chi connectivity index (χ0v) is 12.3. The van der Waals surface area contributed by atoms with Gasteiger partial charge in [0.05, 0.1) is 11.9 Å². The van der Waals surface area contributed by atoms with Gasteiger partial charge >= 0.3 is 0 Å². The van der Waals surface area contributed by atoms with Gasteiger partial charge in [-0.1, -0.05) is 24.1 Å². The highest BCUT2D eigenvalue weighted by Crippen LogP contribution is 2.32. The molecule has 0 spiro atoms. The number of hydrogen-bond acceptors (Lipinski definition) is 2. The standard InChI is InChI=1S/C17H23N3/c1-11-6-7-12(2)15(8-11)16-10-19-17(20-16)13-4-3-5-14(18)9-13/h6-8,10,13-14H,3-5,9,18H2,1-2H3,(H,19,20). The molecule has 1 saturated carbocycles. The summed E-state index contributed by atoms with van der Waals surface area (Å²) >= 11 is 0. The molecule has 1 aliphatic carbocycles. The van der Waals surface area contributed by atoms with Gasteiger partial charge in [-0.15, -0.1) is 0 Å².